The Labute approximate surface area is 118 Å². The van der Waals surface area contributed by atoms with Gasteiger partial charge in [0, 0.05) is 5.54 Å². The molecule has 2 nitrogen and oxygen atoms in total. The van der Waals surface area contributed by atoms with E-state index in [1.807, 2.05) is 7.05 Å². The van der Waals surface area contributed by atoms with Crippen LogP contribution in [-0.2, 0) is 11.8 Å². The predicted octanol–water partition coefficient (Wildman–Crippen LogP) is 3.92. The first-order chi connectivity index (χ1) is 8.69. The molecule has 108 valence electrons. The summed E-state index contributed by atoms with van der Waals surface area (Å²) in [6.45, 7) is 11.2. The summed E-state index contributed by atoms with van der Waals surface area (Å²) in [7, 11) is 3.77. The van der Waals surface area contributed by atoms with Gasteiger partial charge in [-0.1, -0.05) is 32.9 Å². The van der Waals surface area contributed by atoms with Crippen molar-refractivity contribution in [3.05, 3.63) is 29.3 Å². The third-order valence-electron chi connectivity index (χ3n) is 3.79. The Balaban J connectivity index is 2.93. The van der Waals surface area contributed by atoms with Crippen LogP contribution in [0.1, 0.15) is 52.2 Å². The van der Waals surface area contributed by atoms with Crippen LogP contribution in [0.5, 0.6) is 5.75 Å². The van der Waals surface area contributed by atoms with Crippen molar-refractivity contribution in [3.63, 3.8) is 0 Å². The quantitative estimate of drug-likeness (QED) is 0.869. The van der Waals surface area contributed by atoms with Crippen molar-refractivity contribution in [1.82, 2.24) is 5.32 Å². The van der Waals surface area contributed by atoms with E-state index in [9.17, 15) is 0 Å². The molecule has 1 aromatic carbocycles. The lowest BCUT2D eigenvalue weighted by atomic mass is 9.84. The molecule has 0 bridgehead atoms. The summed E-state index contributed by atoms with van der Waals surface area (Å²) in [6.07, 6.45) is 2.21. The number of nitrogens with one attached hydrogen (secondary N) is 1. The van der Waals surface area contributed by atoms with Crippen LogP contribution in [0.3, 0.4) is 0 Å². The predicted molar refractivity (Wildman–Crippen MR) is 83.2 cm³/mol. The zero-order chi connectivity index (χ0) is 14.7. The van der Waals surface area contributed by atoms with E-state index in [0.717, 1.165) is 18.6 Å². The van der Waals surface area contributed by atoms with Crippen LogP contribution in [0.4, 0.5) is 0 Å². The molecule has 0 amide bonds. The zero-order valence-corrected chi connectivity index (χ0v) is 13.6. The Morgan fingerprint density at radius 1 is 1.11 bits per heavy atom. The minimum absolute atomic E-state index is 0.111. The molecule has 0 aliphatic rings. The van der Waals surface area contributed by atoms with Crippen molar-refractivity contribution < 1.29 is 4.74 Å². The Morgan fingerprint density at radius 2 is 1.74 bits per heavy atom. The molecule has 1 N–H and O–H groups in total. The van der Waals surface area contributed by atoms with E-state index < -0.39 is 0 Å². The molecule has 1 aromatic rings. The summed E-state index contributed by atoms with van der Waals surface area (Å²) >= 11 is 0. The van der Waals surface area contributed by atoms with Gasteiger partial charge >= 0.3 is 0 Å². The highest BCUT2D eigenvalue weighted by Crippen LogP contribution is 2.32. The van der Waals surface area contributed by atoms with Crippen LogP contribution in [0.15, 0.2) is 18.2 Å². The monoisotopic (exact) mass is 263 g/mol. The molecule has 1 rings (SSSR count). The molecule has 0 fully saturated rings. The van der Waals surface area contributed by atoms with E-state index >= 15 is 0 Å². The van der Waals surface area contributed by atoms with Crippen LogP contribution in [-0.4, -0.2) is 19.7 Å². The van der Waals surface area contributed by atoms with Gasteiger partial charge in [0.15, 0.2) is 0 Å². The van der Waals surface area contributed by atoms with Gasteiger partial charge < -0.3 is 10.1 Å². The molecule has 0 unspecified atom stereocenters. The first-order valence-electron chi connectivity index (χ1n) is 7.06. The lowest BCUT2D eigenvalue weighted by Gasteiger charge is -2.25. The van der Waals surface area contributed by atoms with Crippen molar-refractivity contribution in [2.45, 2.75) is 58.4 Å². The minimum atomic E-state index is 0.111. The lowest BCUT2D eigenvalue weighted by Crippen LogP contribution is -2.36. The Bertz CT molecular complexity index is 416. The largest absolute Gasteiger partial charge is 0.496 e. The average Bonchev–Trinajstić information content (AvgIpc) is 2.35. The molecule has 0 aliphatic carbocycles. The van der Waals surface area contributed by atoms with Gasteiger partial charge in [0.25, 0.3) is 0 Å². The summed E-state index contributed by atoms with van der Waals surface area (Å²) in [5.41, 5.74) is 2.96. The van der Waals surface area contributed by atoms with Crippen molar-refractivity contribution in [3.8, 4) is 5.75 Å². The normalized spacial score (nSPS) is 12.6. The molecule has 19 heavy (non-hydrogen) atoms. The Morgan fingerprint density at radius 3 is 2.21 bits per heavy atom. The molecular formula is C17H29NO. The number of methoxy groups -OCH3 is 1. The molecule has 0 saturated carbocycles. The number of hydrogen-bond acceptors (Lipinski definition) is 2. The van der Waals surface area contributed by atoms with Crippen LogP contribution in [0.2, 0.25) is 0 Å². The molecule has 0 saturated heterocycles. The highest BCUT2D eigenvalue weighted by molar-refractivity contribution is 5.41. The molecule has 0 atom stereocenters. The van der Waals surface area contributed by atoms with E-state index in [2.05, 4.69) is 58.1 Å². The van der Waals surface area contributed by atoms with Crippen LogP contribution in [0.25, 0.3) is 0 Å². The summed E-state index contributed by atoms with van der Waals surface area (Å²) in [4.78, 5) is 0. The second kappa shape index (κ2) is 5.96. The smallest absolute Gasteiger partial charge is 0.122 e. The fraction of sp³-hybridized carbons (Fsp3) is 0.647. The van der Waals surface area contributed by atoms with Gasteiger partial charge in [-0.05, 0) is 56.3 Å². The Hall–Kier alpha value is -1.02. The highest BCUT2D eigenvalue weighted by atomic mass is 16.5. The van der Waals surface area contributed by atoms with E-state index in [1.165, 1.54) is 11.1 Å². The van der Waals surface area contributed by atoms with Gasteiger partial charge in [-0.2, -0.15) is 0 Å². The second-order valence-electron chi connectivity index (χ2n) is 6.92. The molecule has 0 aromatic heterocycles. The third-order valence-corrected chi connectivity index (χ3v) is 3.79. The van der Waals surface area contributed by atoms with Gasteiger partial charge in [0.1, 0.15) is 5.75 Å². The standard InChI is InChI=1S/C17H29NO/c1-16(2,3)14-12-13(8-9-15(14)19-7)10-11-17(4,5)18-6/h8-9,12,18H,10-11H2,1-7H3. The fourth-order valence-electron chi connectivity index (χ4n) is 2.08. The first-order valence-corrected chi connectivity index (χ1v) is 7.06. The van der Waals surface area contributed by atoms with E-state index in [4.69, 9.17) is 4.74 Å². The summed E-state index contributed by atoms with van der Waals surface area (Å²) < 4.78 is 5.48. The molecule has 0 spiro atoms. The molecule has 2 heteroatoms. The van der Waals surface area contributed by atoms with Crippen LogP contribution in [0, 0.1) is 0 Å². The third kappa shape index (κ3) is 4.54. The van der Waals surface area contributed by atoms with Gasteiger partial charge in [0.2, 0.25) is 0 Å². The van der Waals surface area contributed by atoms with E-state index in [1.54, 1.807) is 7.11 Å². The molecule has 0 heterocycles. The van der Waals surface area contributed by atoms with E-state index in [0.29, 0.717) is 0 Å². The SMILES string of the molecule is CNC(C)(C)CCc1ccc(OC)c(C(C)(C)C)c1. The maximum Gasteiger partial charge on any atom is 0.122 e. The van der Waals surface area contributed by atoms with Crippen molar-refractivity contribution in [1.29, 1.82) is 0 Å². The van der Waals surface area contributed by atoms with E-state index in [-0.39, 0.29) is 11.0 Å². The van der Waals surface area contributed by atoms with Gasteiger partial charge in [-0.15, -0.1) is 0 Å². The van der Waals surface area contributed by atoms with Gasteiger partial charge in [0.05, 0.1) is 7.11 Å². The fourth-order valence-corrected chi connectivity index (χ4v) is 2.08. The number of benzene rings is 1. The summed E-state index contributed by atoms with van der Waals surface area (Å²) in [5.74, 6) is 0.990. The van der Waals surface area contributed by atoms with Crippen molar-refractivity contribution >= 4 is 0 Å². The number of aryl methyl sites for hydroxylation is 1. The zero-order valence-electron chi connectivity index (χ0n) is 13.6. The number of ether oxygens (including phenoxy) is 1. The highest BCUT2D eigenvalue weighted by Gasteiger charge is 2.20. The topological polar surface area (TPSA) is 21.3 Å². The molecule has 0 aliphatic heterocycles. The number of rotatable bonds is 5. The molecule has 0 radical (unpaired) electrons. The van der Waals surface area contributed by atoms with Crippen molar-refractivity contribution in [2.75, 3.05) is 14.2 Å². The summed E-state index contributed by atoms with van der Waals surface area (Å²) in [6, 6.07) is 6.58. The maximum absolute atomic E-state index is 5.48. The minimum Gasteiger partial charge on any atom is -0.496 e. The summed E-state index contributed by atoms with van der Waals surface area (Å²) in [5, 5.41) is 3.35. The maximum atomic E-state index is 5.48. The lowest BCUT2D eigenvalue weighted by molar-refractivity contribution is 0.390. The van der Waals surface area contributed by atoms with Crippen molar-refractivity contribution in [2.24, 2.45) is 0 Å². The second-order valence-corrected chi connectivity index (χ2v) is 6.92. The van der Waals surface area contributed by atoms with Gasteiger partial charge in [-0.3, -0.25) is 0 Å². The van der Waals surface area contributed by atoms with Crippen LogP contribution < -0.4 is 10.1 Å². The first kappa shape index (κ1) is 16.0. The number of hydrogen-bond donors (Lipinski definition) is 1. The van der Waals surface area contributed by atoms with Gasteiger partial charge in [-0.25, -0.2) is 0 Å². The van der Waals surface area contributed by atoms with Crippen LogP contribution >= 0.6 is 0 Å². The average molecular weight is 263 g/mol. The molecular weight excluding hydrogens is 234 g/mol. The Kier molecular flexibility index (Phi) is 5.03.